The summed E-state index contributed by atoms with van der Waals surface area (Å²) in [5.74, 6) is 1.26. The van der Waals surface area contributed by atoms with Gasteiger partial charge in [0.05, 0.1) is 19.6 Å². The van der Waals surface area contributed by atoms with Crippen molar-refractivity contribution in [3.63, 3.8) is 0 Å². The Morgan fingerprint density at radius 1 is 1.07 bits per heavy atom. The Hall–Kier alpha value is -0.470. The standard InChI is InChI=1S/C12H17NS/c1-2-6-12(7-3-1)14-11-10-13-8-4-5-9-13/h1-3,6-7H,4-5,8-11H2/p+1. The van der Waals surface area contributed by atoms with E-state index in [1.54, 1.807) is 4.90 Å². The maximum atomic E-state index is 2.20. The van der Waals surface area contributed by atoms with Crippen LogP contribution in [0.4, 0.5) is 0 Å². The molecule has 1 aromatic carbocycles. The second-order valence-electron chi connectivity index (χ2n) is 3.87. The molecule has 1 aliphatic heterocycles. The molecule has 0 unspecified atom stereocenters. The summed E-state index contributed by atoms with van der Waals surface area (Å²) in [5, 5.41) is 0. The minimum Gasteiger partial charge on any atom is -0.334 e. The second-order valence-corrected chi connectivity index (χ2v) is 5.04. The summed E-state index contributed by atoms with van der Waals surface area (Å²) >= 11 is 1.99. The molecular formula is C12H18NS+. The summed E-state index contributed by atoms with van der Waals surface area (Å²) in [6.45, 7) is 4.13. The quantitative estimate of drug-likeness (QED) is 0.734. The monoisotopic (exact) mass is 208 g/mol. The fourth-order valence-corrected chi connectivity index (χ4v) is 2.93. The van der Waals surface area contributed by atoms with Crippen molar-refractivity contribution in [2.75, 3.05) is 25.4 Å². The van der Waals surface area contributed by atoms with E-state index in [0.29, 0.717) is 0 Å². The third-order valence-electron chi connectivity index (χ3n) is 2.78. The minimum absolute atomic E-state index is 1.26. The van der Waals surface area contributed by atoms with E-state index in [1.165, 1.54) is 43.1 Å². The summed E-state index contributed by atoms with van der Waals surface area (Å²) < 4.78 is 0. The molecule has 1 fully saturated rings. The van der Waals surface area contributed by atoms with Gasteiger partial charge in [0, 0.05) is 23.5 Å². The molecule has 14 heavy (non-hydrogen) atoms. The third-order valence-corrected chi connectivity index (χ3v) is 3.79. The normalized spacial score (nSPS) is 17.4. The largest absolute Gasteiger partial charge is 0.334 e. The fourth-order valence-electron chi connectivity index (χ4n) is 1.95. The summed E-state index contributed by atoms with van der Waals surface area (Å²) in [6, 6.07) is 10.7. The van der Waals surface area contributed by atoms with E-state index in [-0.39, 0.29) is 0 Å². The molecule has 1 saturated heterocycles. The second kappa shape index (κ2) is 5.42. The molecule has 0 bridgehead atoms. The molecule has 0 atom stereocenters. The molecule has 1 heterocycles. The van der Waals surface area contributed by atoms with Gasteiger partial charge in [0.2, 0.25) is 0 Å². The van der Waals surface area contributed by atoms with Crippen molar-refractivity contribution < 1.29 is 4.90 Å². The number of hydrogen-bond acceptors (Lipinski definition) is 1. The highest BCUT2D eigenvalue weighted by molar-refractivity contribution is 7.99. The summed E-state index contributed by atoms with van der Waals surface area (Å²) in [5.41, 5.74) is 0. The van der Waals surface area contributed by atoms with Gasteiger partial charge >= 0.3 is 0 Å². The van der Waals surface area contributed by atoms with E-state index in [9.17, 15) is 0 Å². The Labute approximate surface area is 90.5 Å². The lowest BCUT2D eigenvalue weighted by molar-refractivity contribution is -0.884. The van der Waals surface area contributed by atoms with E-state index in [4.69, 9.17) is 0 Å². The van der Waals surface area contributed by atoms with Gasteiger partial charge in [0.15, 0.2) is 0 Å². The third kappa shape index (κ3) is 3.03. The molecule has 1 nitrogen and oxygen atoms in total. The first-order chi connectivity index (χ1) is 6.95. The lowest BCUT2D eigenvalue weighted by atomic mass is 10.4. The van der Waals surface area contributed by atoms with Gasteiger partial charge in [0.1, 0.15) is 0 Å². The topological polar surface area (TPSA) is 4.44 Å². The highest BCUT2D eigenvalue weighted by atomic mass is 32.2. The van der Waals surface area contributed by atoms with Crippen LogP contribution in [0.15, 0.2) is 35.2 Å². The number of nitrogens with one attached hydrogen (secondary N) is 1. The van der Waals surface area contributed by atoms with Crippen LogP contribution in [0.5, 0.6) is 0 Å². The smallest absolute Gasteiger partial charge is 0.0866 e. The molecule has 2 heteroatoms. The van der Waals surface area contributed by atoms with Crippen LogP contribution in [-0.2, 0) is 0 Å². The van der Waals surface area contributed by atoms with E-state index < -0.39 is 0 Å². The van der Waals surface area contributed by atoms with Gasteiger partial charge in [-0.25, -0.2) is 0 Å². The first-order valence-electron chi connectivity index (χ1n) is 5.46. The van der Waals surface area contributed by atoms with Crippen molar-refractivity contribution in [1.82, 2.24) is 0 Å². The van der Waals surface area contributed by atoms with Crippen molar-refractivity contribution in [2.24, 2.45) is 0 Å². The molecule has 0 radical (unpaired) electrons. The van der Waals surface area contributed by atoms with Gasteiger partial charge in [-0.2, -0.15) is 0 Å². The van der Waals surface area contributed by atoms with Gasteiger partial charge < -0.3 is 4.90 Å². The molecule has 0 saturated carbocycles. The molecule has 0 aromatic heterocycles. The van der Waals surface area contributed by atoms with Crippen molar-refractivity contribution in [3.05, 3.63) is 30.3 Å². The first kappa shape index (κ1) is 10.1. The van der Waals surface area contributed by atoms with Crippen LogP contribution < -0.4 is 4.90 Å². The van der Waals surface area contributed by atoms with Crippen molar-refractivity contribution in [2.45, 2.75) is 17.7 Å². The zero-order valence-corrected chi connectivity index (χ0v) is 9.35. The van der Waals surface area contributed by atoms with Gasteiger partial charge in [-0.05, 0) is 12.1 Å². The summed E-state index contributed by atoms with van der Waals surface area (Å²) in [4.78, 5) is 3.21. The predicted octanol–water partition coefficient (Wildman–Crippen LogP) is 1.46. The fraction of sp³-hybridized carbons (Fsp3) is 0.500. The lowest BCUT2D eigenvalue weighted by Crippen LogP contribution is -3.10. The summed E-state index contributed by atoms with van der Waals surface area (Å²) in [6.07, 6.45) is 2.87. The molecule has 0 amide bonds. The Morgan fingerprint density at radius 2 is 1.79 bits per heavy atom. The average molecular weight is 208 g/mol. The first-order valence-corrected chi connectivity index (χ1v) is 6.45. The molecule has 1 N–H and O–H groups in total. The molecule has 0 aliphatic carbocycles. The Bertz CT molecular complexity index is 254. The van der Waals surface area contributed by atoms with Crippen LogP contribution in [-0.4, -0.2) is 25.4 Å². The Kier molecular flexibility index (Phi) is 3.90. The number of benzene rings is 1. The van der Waals surface area contributed by atoms with Crippen LogP contribution >= 0.6 is 11.8 Å². The lowest BCUT2D eigenvalue weighted by Gasteiger charge is -2.10. The summed E-state index contributed by atoms with van der Waals surface area (Å²) in [7, 11) is 0. The molecule has 0 spiro atoms. The predicted molar refractivity (Wildman–Crippen MR) is 62.0 cm³/mol. The minimum atomic E-state index is 1.26. The molecular weight excluding hydrogens is 190 g/mol. The highest BCUT2D eigenvalue weighted by Crippen LogP contribution is 2.15. The molecule has 2 rings (SSSR count). The van der Waals surface area contributed by atoms with Crippen LogP contribution in [0.2, 0.25) is 0 Å². The van der Waals surface area contributed by atoms with E-state index >= 15 is 0 Å². The zero-order valence-electron chi connectivity index (χ0n) is 8.54. The van der Waals surface area contributed by atoms with Gasteiger partial charge in [0.25, 0.3) is 0 Å². The Balaban J connectivity index is 1.67. The number of hydrogen-bond donors (Lipinski definition) is 1. The maximum Gasteiger partial charge on any atom is 0.0866 e. The molecule has 1 aromatic rings. The Morgan fingerprint density at radius 3 is 2.50 bits per heavy atom. The van der Waals surface area contributed by atoms with Gasteiger partial charge in [-0.15, -0.1) is 11.8 Å². The van der Waals surface area contributed by atoms with E-state index in [2.05, 4.69) is 30.3 Å². The van der Waals surface area contributed by atoms with E-state index in [1.807, 2.05) is 11.8 Å². The number of likely N-dealkylation sites (tertiary alicyclic amines) is 1. The van der Waals surface area contributed by atoms with Crippen molar-refractivity contribution in [1.29, 1.82) is 0 Å². The maximum absolute atomic E-state index is 2.20. The number of thioether (sulfide) groups is 1. The molecule has 1 aliphatic rings. The van der Waals surface area contributed by atoms with Crippen molar-refractivity contribution >= 4 is 11.8 Å². The highest BCUT2D eigenvalue weighted by Gasteiger charge is 2.14. The van der Waals surface area contributed by atoms with Crippen LogP contribution in [0.1, 0.15) is 12.8 Å². The SMILES string of the molecule is c1ccc(SCC[NH+]2CCCC2)cc1. The van der Waals surface area contributed by atoms with Crippen LogP contribution in [0.25, 0.3) is 0 Å². The van der Waals surface area contributed by atoms with Gasteiger partial charge in [-0.3, -0.25) is 0 Å². The molecule has 76 valence electrons. The van der Waals surface area contributed by atoms with E-state index in [0.717, 1.165) is 0 Å². The van der Waals surface area contributed by atoms with Gasteiger partial charge in [-0.1, -0.05) is 18.2 Å². The van der Waals surface area contributed by atoms with Crippen LogP contribution in [0.3, 0.4) is 0 Å². The van der Waals surface area contributed by atoms with Crippen LogP contribution in [0, 0.1) is 0 Å². The number of quaternary nitrogens is 1. The average Bonchev–Trinajstić information content (AvgIpc) is 2.72. The van der Waals surface area contributed by atoms with Crippen molar-refractivity contribution in [3.8, 4) is 0 Å². The zero-order chi connectivity index (χ0) is 9.64. The number of rotatable bonds is 4.